The van der Waals surface area contributed by atoms with E-state index in [1.54, 1.807) is 37.6 Å². The summed E-state index contributed by atoms with van der Waals surface area (Å²) in [6.45, 7) is 4.57. The molecular weight excluding hydrogens is 424 g/mol. The van der Waals surface area contributed by atoms with Crippen LogP contribution in [0, 0.1) is 6.92 Å². The van der Waals surface area contributed by atoms with Gasteiger partial charge in [0, 0.05) is 30.7 Å². The summed E-state index contributed by atoms with van der Waals surface area (Å²) in [5.74, 6) is 0.436. The highest BCUT2D eigenvalue weighted by molar-refractivity contribution is 7.92. The van der Waals surface area contributed by atoms with E-state index < -0.39 is 10.0 Å². The number of aromatic nitrogens is 3. The molecule has 0 amide bonds. The number of aryl methyl sites for hydroxylation is 1. The summed E-state index contributed by atoms with van der Waals surface area (Å²) in [4.78, 5) is 14.4. The molecule has 0 saturated heterocycles. The molecule has 0 aliphatic rings. The Morgan fingerprint density at radius 2 is 1.83 bits per heavy atom. The minimum absolute atomic E-state index is 0.149. The molecule has 1 aromatic carbocycles. The molecule has 0 bridgehead atoms. The lowest BCUT2D eigenvalue weighted by atomic mass is 10.3. The number of ether oxygens (including phenoxy) is 1. The summed E-state index contributed by atoms with van der Waals surface area (Å²) in [5.41, 5.74) is 2.88. The van der Waals surface area contributed by atoms with Gasteiger partial charge in [-0.2, -0.15) is 0 Å². The first-order valence-corrected chi connectivity index (χ1v) is 11.9. The van der Waals surface area contributed by atoms with E-state index in [0.717, 1.165) is 33.3 Å². The third kappa shape index (κ3) is 6.12. The molecule has 0 aliphatic heterocycles. The first-order valence-electron chi connectivity index (χ1n) is 9.14. The van der Waals surface area contributed by atoms with Gasteiger partial charge in [0.05, 0.1) is 29.1 Å². The van der Waals surface area contributed by atoms with Gasteiger partial charge in [0.1, 0.15) is 0 Å². The summed E-state index contributed by atoms with van der Waals surface area (Å²) in [7, 11) is -1.64. The molecule has 0 saturated carbocycles. The number of nitrogens with one attached hydrogen (secondary N) is 3. The van der Waals surface area contributed by atoms with Gasteiger partial charge < -0.3 is 15.4 Å². The molecule has 3 aromatic rings. The zero-order valence-corrected chi connectivity index (χ0v) is 18.8. The van der Waals surface area contributed by atoms with Crippen LogP contribution in [0.4, 0.5) is 22.5 Å². The summed E-state index contributed by atoms with van der Waals surface area (Å²) in [6.07, 6.45) is 2.79. The Hall–Kier alpha value is -2.76. The highest BCUT2D eigenvalue weighted by atomic mass is 32.2. The Morgan fingerprint density at radius 3 is 2.50 bits per heavy atom. The van der Waals surface area contributed by atoms with E-state index in [0.29, 0.717) is 18.2 Å². The van der Waals surface area contributed by atoms with Crippen molar-refractivity contribution in [3.05, 3.63) is 42.2 Å². The van der Waals surface area contributed by atoms with Crippen LogP contribution >= 0.6 is 11.3 Å². The van der Waals surface area contributed by atoms with Crippen LogP contribution in [0.5, 0.6) is 0 Å². The van der Waals surface area contributed by atoms with Gasteiger partial charge in [-0.3, -0.25) is 4.72 Å². The van der Waals surface area contributed by atoms with Gasteiger partial charge in [-0.1, -0.05) is 11.3 Å². The monoisotopic (exact) mass is 448 g/mol. The maximum atomic E-state index is 11.3. The van der Waals surface area contributed by atoms with E-state index in [1.807, 2.05) is 19.9 Å². The molecule has 0 aliphatic carbocycles. The Labute approximate surface area is 180 Å². The van der Waals surface area contributed by atoms with Gasteiger partial charge in [0.15, 0.2) is 5.13 Å². The van der Waals surface area contributed by atoms with Crippen molar-refractivity contribution in [3.8, 4) is 10.6 Å². The van der Waals surface area contributed by atoms with Crippen LogP contribution < -0.4 is 15.4 Å². The SMILES string of the molecule is COCC(C)Nc1nc(C)c(-c2ccnc(Nc3ccc(NS(C)(=O)=O)cc3)n2)s1. The van der Waals surface area contributed by atoms with Crippen molar-refractivity contribution in [2.75, 3.05) is 35.3 Å². The molecule has 1 atom stereocenters. The number of anilines is 4. The van der Waals surface area contributed by atoms with Crippen molar-refractivity contribution < 1.29 is 13.2 Å². The fourth-order valence-corrected chi connectivity index (χ4v) is 4.32. The molecule has 3 N–H and O–H groups in total. The largest absolute Gasteiger partial charge is 0.383 e. The quantitative estimate of drug-likeness (QED) is 0.455. The fourth-order valence-electron chi connectivity index (χ4n) is 2.71. The Morgan fingerprint density at radius 1 is 1.13 bits per heavy atom. The number of thiazole rings is 1. The molecule has 0 fully saturated rings. The number of nitrogens with zero attached hydrogens (tertiary/aromatic N) is 3. The summed E-state index contributed by atoms with van der Waals surface area (Å²) in [5, 5.41) is 7.27. The predicted molar refractivity (Wildman–Crippen MR) is 121 cm³/mol. The topological polar surface area (TPSA) is 118 Å². The van der Waals surface area contributed by atoms with Gasteiger partial charge in [-0.05, 0) is 44.2 Å². The number of rotatable bonds is 9. The number of sulfonamides is 1. The van der Waals surface area contributed by atoms with Crippen LogP contribution in [0.2, 0.25) is 0 Å². The minimum atomic E-state index is -3.31. The molecule has 30 heavy (non-hydrogen) atoms. The van der Waals surface area contributed by atoms with Crippen LogP contribution in [0.25, 0.3) is 10.6 Å². The van der Waals surface area contributed by atoms with E-state index >= 15 is 0 Å². The second-order valence-corrected chi connectivity index (χ2v) is 9.52. The van der Waals surface area contributed by atoms with Crippen LogP contribution in [0.3, 0.4) is 0 Å². The highest BCUT2D eigenvalue weighted by Gasteiger charge is 2.13. The third-order valence-electron chi connectivity index (χ3n) is 3.92. The summed E-state index contributed by atoms with van der Waals surface area (Å²) < 4.78 is 30.2. The number of benzene rings is 1. The summed E-state index contributed by atoms with van der Waals surface area (Å²) >= 11 is 1.53. The second-order valence-electron chi connectivity index (χ2n) is 6.78. The van der Waals surface area contributed by atoms with Gasteiger partial charge in [0.2, 0.25) is 16.0 Å². The van der Waals surface area contributed by atoms with Crippen LogP contribution in [-0.2, 0) is 14.8 Å². The number of hydrogen-bond donors (Lipinski definition) is 3. The van der Waals surface area contributed by atoms with Gasteiger partial charge in [0.25, 0.3) is 0 Å². The average molecular weight is 449 g/mol. The summed E-state index contributed by atoms with van der Waals surface area (Å²) in [6, 6.07) is 8.82. The molecule has 0 spiro atoms. The van der Waals surface area contributed by atoms with Crippen LogP contribution in [0.1, 0.15) is 12.6 Å². The van der Waals surface area contributed by atoms with Crippen LogP contribution in [-0.4, -0.2) is 49.4 Å². The third-order valence-corrected chi connectivity index (χ3v) is 5.63. The lowest BCUT2D eigenvalue weighted by Crippen LogP contribution is -2.20. The van der Waals surface area contributed by atoms with E-state index in [4.69, 9.17) is 4.74 Å². The minimum Gasteiger partial charge on any atom is -0.383 e. The molecule has 11 heteroatoms. The van der Waals surface area contributed by atoms with Crippen LogP contribution in [0.15, 0.2) is 36.5 Å². The zero-order valence-electron chi connectivity index (χ0n) is 17.1. The highest BCUT2D eigenvalue weighted by Crippen LogP contribution is 2.32. The fraction of sp³-hybridized carbons (Fsp3) is 0.316. The van der Waals surface area contributed by atoms with Crippen molar-refractivity contribution in [1.29, 1.82) is 0 Å². The Balaban J connectivity index is 1.74. The molecule has 2 aromatic heterocycles. The Bertz CT molecular complexity index is 1100. The molecular formula is C19H24N6O3S2. The molecule has 2 heterocycles. The predicted octanol–water partition coefficient (Wildman–Crippen LogP) is 3.47. The standard InChI is InChI=1S/C19H24N6O3S2/c1-12(11-28-3)21-19-22-13(2)17(29-19)16-9-10-20-18(24-16)23-14-5-7-15(8-6-14)25-30(4,26)27/h5-10,12,25H,11H2,1-4H3,(H,21,22)(H,20,23,24). The van der Waals surface area contributed by atoms with Crippen molar-refractivity contribution in [3.63, 3.8) is 0 Å². The number of hydrogen-bond acceptors (Lipinski definition) is 9. The maximum absolute atomic E-state index is 11.3. The first kappa shape index (κ1) is 21.9. The smallest absolute Gasteiger partial charge is 0.229 e. The van der Waals surface area contributed by atoms with Crippen molar-refractivity contribution in [2.24, 2.45) is 0 Å². The van der Waals surface area contributed by atoms with Gasteiger partial charge >= 0.3 is 0 Å². The number of methoxy groups -OCH3 is 1. The van der Waals surface area contributed by atoms with Crippen molar-refractivity contribution >= 4 is 43.8 Å². The van der Waals surface area contributed by atoms with E-state index in [2.05, 4.69) is 30.3 Å². The molecule has 3 rings (SSSR count). The second kappa shape index (κ2) is 9.37. The molecule has 1 unspecified atom stereocenters. The zero-order chi connectivity index (χ0) is 21.7. The average Bonchev–Trinajstić information content (AvgIpc) is 3.02. The first-order chi connectivity index (χ1) is 14.2. The van der Waals surface area contributed by atoms with Crippen molar-refractivity contribution in [1.82, 2.24) is 15.0 Å². The lowest BCUT2D eigenvalue weighted by molar-refractivity contribution is 0.190. The lowest BCUT2D eigenvalue weighted by Gasteiger charge is -2.10. The molecule has 160 valence electrons. The maximum Gasteiger partial charge on any atom is 0.229 e. The van der Waals surface area contributed by atoms with Crippen molar-refractivity contribution in [2.45, 2.75) is 19.9 Å². The van der Waals surface area contributed by atoms with E-state index in [9.17, 15) is 8.42 Å². The van der Waals surface area contributed by atoms with Gasteiger partial charge in [-0.25, -0.2) is 23.4 Å². The molecule has 0 radical (unpaired) electrons. The normalized spacial score (nSPS) is 12.4. The Kier molecular flexibility index (Phi) is 6.85. The van der Waals surface area contributed by atoms with E-state index in [1.165, 1.54) is 11.3 Å². The van der Waals surface area contributed by atoms with E-state index in [-0.39, 0.29) is 6.04 Å². The van der Waals surface area contributed by atoms with Gasteiger partial charge in [-0.15, -0.1) is 0 Å². The molecule has 9 nitrogen and oxygen atoms in total.